The molecule has 0 spiro atoms. The minimum atomic E-state index is -1.48. The molecule has 0 atom stereocenters. The van der Waals surface area contributed by atoms with Gasteiger partial charge in [-0.2, -0.15) is 0 Å². The van der Waals surface area contributed by atoms with Gasteiger partial charge in [-0.15, -0.1) is 0 Å². The summed E-state index contributed by atoms with van der Waals surface area (Å²) in [5.74, 6) is -0.0419. The van der Waals surface area contributed by atoms with Crippen molar-refractivity contribution in [2.24, 2.45) is 0 Å². The lowest BCUT2D eigenvalue weighted by Gasteiger charge is -2.17. The first-order valence-electron chi connectivity index (χ1n) is 4.18. The first-order chi connectivity index (χ1) is 5.41. The molecule has 66 valence electrons. The first-order valence-corrected chi connectivity index (χ1v) is 7.68. The molecular formula is C10H15FSi. The summed E-state index contributed by atoms with van der Waals surface area (Å²) < 4.78 is 13.3. The van der Waals surface area contributed by atoms with E-state index in [2.05, 4.69) is 19.6 Å². The molecule has 0 saturated carbocycles. The predicted molar refractivity (Wildman–Crippen MR) is 54.1 cm³/mol. The van der Waals surface area contributed by atoms with E-state index >= 15 is 0 Å². The van der Waals surface area contributed by atoms with Crippen LogP contribution in [0.1, 0.15) is 5.56 Å². The first kappa shape index (κ1) is 9.45. The van der Waals surface area contributed by atoms with Gasteiger partial charge in [0.1, 0.15) is 5.82 Å². The van der Waals surface area contributed by atoms with E-state index in [0.717, 1.165) is 10.8 Å². The fourth-order valence-electron chi connectivity index (χ4n) is 1.21. The zero-order chi connectivity index (χ0) is 9.35. The lowest BCUT2D eigenvalue weighted by molar-refractivity contribution is 0.634. The SMILES string of the molecule is Cc1ccc(F)c([Si](C)(C)C)c1. The zero-order valence-electron chi connectivity index (χ0n) is 8.11. The maximum atomic E-state index is 13.3. The summed E-state index contributed by atoms with van der Waals surface area (Å²) in [6, 6.07) is 5.36. The highest BCUT2D eigenvalue weighted by molar-refractivity contribution is 6.88. The quantitative estimate of drug-likeness (QED) is 0.586. The Bertz CT molecular complexity index is 286. The van der Waals surface area contributed by atoms with E-state index in [0.29, 0.717) is 0 Å². The van der Waals surface area contributed by atoms with E-state index in [1.54, 1.807) is 6.07 Å². The van der Waals surface area contributed by atoms with Gasteiger partial charge in [-0.05, 0) is 18.2 Å². The van der Waals surface area contributed by atoms with E-state index in [1.165, 1.54) is 0 Å². The van der Waals surface area contributed by atoms with Crippen molar-refractivity contribution < 1.29 is 4.39 Å². The molecule has 0 saturated heterocycles. The highest BCUT2D eigenvalue weighted by Gasteiger charge is 2.20. The third kappa shape index (κ3) is 1.94. The number of benzene rings is 1. The van der Waals surface area contributed by atoms with Crippen LogP contribution in [0.4, 0.5) is 4.39 Å². The van der Waals surface area contributed by atoms with Crippen molar-refractivity contribution in [1.29, 1.82) is 0 Å². The molecule has 0 bridgehead atoms. The molecule has 0 heterocycles. The molecule has 2 heteroatoms. The number of halogens is 1. The monoisotopic (exact) mass is 182 g/mol. The van der Waals surface area contributed by atoms with Gasteiger partial charge in [0.15, 0.2) is 0 Å². The van der Waals surface area contributed by atoms with Crippen LogP contribution in [0.5, 0.6) is 0 Å². The molecule has 0 aromatic heterocycles. The van der Waals surface area contributed by atoms with Crippen LogP contribution in [0.15, 0.2) is 18.2 Å². The summed E-state index contributed by atoms with van der Waals surface area (Å²) in [6.07, 6.45) is 0. The van der Waals surface area contributed by atoms with Gasteiger partial charge in [0.2, 0.25) is 0 Å². The molecule has 1 aromatic carbocycles. The summed E-state index contributed by atoms with van der Waals surface area (Å²) in [5, 5.41) is 0.933. The van der Waals surface area contributed by atoms with Crippen LogP contribution in [0.25, 0.3) is 0 Å². The second kappa shape index (κ2) is 3.02. The molecule has 12 heavy (non-hydrogen) atoms. The minimum Gasteiger partial charge on any atom is -0.207 e. The second-order valence-corrected chi connectivity index (χ2v) is 9.27. The van der Waals surface area contributed by atoms with Crippen LogP contribution < -0.4 is 5.19 Å². The van der Waals surface area contributed by atoms with Gasteiger partial charge in [-0.1, -0.05) is 37.3 Å². The van der Waals surface area contributed by atoms with Crippen molar-refractivity contribution >= 4 is 13.3 Å². The number of hydrogen-bond acceptors (Lipinski definition) is 0. The van der Waals surface area contributed by atoms with Gasteiger partial charge in [-0.3, -0.25) is 0 Å². The summed E-state index contributed by atoms with van der Waals surface area (Å²) >= 11 is 0. The minimum absolute atomic E-state index is 0.0419. The van der Waals surface area contributed by atoms with E-state index in [9.17, 15) is 4.39 Å². The van der Waals surface area contributed by atoms with Crippen LogP contribution in [-0.2, 0) is 0 Å². The van der Waals surface area contributed by atoms with Gasteiger partial charge in [-0.25, -0.2) is 4.39 Å². The van der Waals surface area contributed by atoms with Crippen molar-refractivity contribution in [1.82, 2.24) is 0 Å². The summed E-state index contributed by atoms with van der Waals surface area (Å²) in [6.45, 7) is 8.48. The molecular weight excluding hydrogens is 167 g/mol. The topological polar surface area (TPSA) is 0 Å². The van der Waals surface area contributed by atoms with Crippen LogP contribution >= 0.6 is 0 Å². The van der Waals surface area contributed by atoms with Crippen molar-refractivity contribution in [2.75, 3.05) is 0 Å². The Morgan fingerprint density at radius 2 is 1.75 bits per heavy atom. The fraction of sp³-hybridized carbons (Fsp3) is 0.400. The third-order valence-corrected chi connectivity index (χ3v) is 3.93. The molecule has 1 rings (SSSR count). The van der Waals surface area contributed by atoms with Crippen LogP contribution in [0.3, 0.4) is 0 Å². The highest BCUT2D eigenvalue weighted by atomic mass is 28.3. The summed E-state index contributed by atoms with van der Waals surface area (Å²) in [4.78, 5) is 0. The van der Waals surface area contributed by atoms with Crippen molar-refractivity contribution in [3.63, 3.8) is 0 Å². The standard InChI is InChI=1S/C10H15FSi/c1-8-5-6-9(11)10(7-8)12(2,3)4/h5-7H,1-4H3. The maximum absolute atomic E-state index is 13.3. The highest BCUT2D eigenvalue weighted by Crippen LogP contribution is 2.07. The molecule has 0 fully saturated rings. The molecule has 0 nitrogen and oxygen atoms in total. The van der Waals surface area contributed by atoms with Crippen molar-refractivity contribution in [3.8, 4) is 0 Å². The molecule has 1 aromatic rings. The van der Waals surface area contributed by atoms with Crippen molar-refractivity contribution in [2.45, 2.75) is 26.6 Å². The molecule has 0 radical (unpaired) electrons. The third-order valence-electron chi connectivity index (χ3n) is 1.93. The smallest absolute Gasteiger partial charge is 0.122 e. The molecule has 0 aliphatic heterocycles. The number of hydrogen-bond donors (Lipinski definition) is 0. The average molecular weight is 182 g/mol. The van der Waals surface area contributed by atoms with Crippen LogP contribution in [-0.4, -0.2) is 8.07 Å². The Labute approximate surface area is 74.4 Å². The second-order valence-electron chi connectivity index (χ2n) is 4.23. The van der Waals surface area contributed by atoms with Crippen molar-refractivity contribution in [3.05, 3.63) is 29.6 Å². The average Bonchev–Trinajstić information content (AvgIpc) is 1.92. The van der Waals surface area contributed by atoms with E-state index in [4.69, 9.17) is 0 Å². The summed E-state index contributed by atoms with van der Waals surface area (Å²) in [5.41, 5.74) is 1.15. The zero-order valence-corrected chi connectivity index (χ0v) is 9.11. The normalized spacial score (nSPS) is 11.8. The number of rotatable bonds is 1. The van der Waals surface area contributed by atoms with E-state index in [-0.39, 0.29) is 5.82 Å². The van der Waals surface area contributed by atoms with Gasteiger partial charge < -0.3 is 0 Å². The Hall–Kier alpha value is -0.633. The maximum Gasteiger partial charge on any atom is 0.122 e. The van der Waals surface area contributed by atoms with E-state index < -0.39 is 8.07 Å². The fourth-order valence-corrected chi connectivity index (χ4v) is 2.67. The molecule has 0 aliphatic carbocycles. The Kier molecular flexibility index (Phi) is 2.38. The van der Waals surface area contributed by atoms with Gasteiger partial charge >= 0.3 is 0 Å². The largest absolute Gasteiger partial charge is 0.207 e. The molecule has 0 amide bonds. The Morgan fingerprint density at radius 3 is 2.17 bits per heavy atom. The van der Waals surface area contributed by atoms with Gasteiger partial charge in [0.25, 0.3) is 0 Å². The Balaban J connectivity index is 3.23. The van der Waals surface area contributed by atoms with Gasteiger partial charge in [0.05, 0.1) is 8.07 Å². The van der Waals surface area contributed by atoms with Gasteiger partial charge in [0, 0.05) is 0 Å². The predicted octanol–water partition coefficient (Wildman–Crippen LogP) is 2.68. The lowest BCUT2D eigenvalue weighted by Crippen LogP contribution is -2.40. The summed E-state index contributed by atoms with van der Waals surface area (Å²) in [7, 11) is -1.48. The van der Waals surface area contributed by atoms with Crippen LogP contribution in [0.2, 0.25) is 19.6 Å². The molecule has 0 N–H and O–H groups in total. The Morgan fingerprint density at radius 1 is 1.17 bits per heavy atom. The molecule has 0 unspecified atom stereocenters. The molecule has 0 aliphatic rings. The van der Waals surface area contributed by atoms with Crippen LogP contribution in [0, 0.1) is 12.7 Å². The van der Waals surface area contributed by atoms with E-state index in [1.807, 2.05) is 19.1 Å². The lowest BCUT2D eigenvalue weighted by atomic mass is 10.2. The number of aryl methyl sites for hydroxylation is 1.